The molecule has 1 fully saturated rings. The molecule has 1 saturated carbocycles. The monoisotopic (exact) mass is 260 g/mol. The van der Waals surface area contributed by atoms with E-state index in [-0.39, 0.29) is 5.91 Å². The summed E-state index contributed by atoms with van der Waals surface area (Å²) in [7, 11) is 0. The zero-order chi connectivity index (χ0) is 13.5. The van der Waals surface area contributed by atoms with E-state index in [2.05, 4.69) is 10.3 Å². The normalized spacial score (nSPS) is 17.8. The highest BCUT2D eigenvalue weighted by Gasteiger charge is 2.38. The topological polar surface area (TPSA) is 75.4 Å². The molecule has 19 heavy (non-hydrogen) atoms. The Morgan fingerprint density at radius 1 is 1.42 bits per heavy atom. The molecule has 3 rings (SSSR count). The Bertz CT molecular complexity index is 627. The second-order valence-electron chi connectivity index (χ2n) is 5.11. The summed E-state index contributed by atoms with van der Waals surface area (Å²) < 4.78 is 5.42. The molecule has 2 N–H and O–H groups in total. The first-order chi connectivity index (χ1) is 9.07. The van der Waals surface area contributed by atoms with Gasteiger partial charge in [0.05, 0.1) is 0 Å². The van der Waals surface area contributed by atoms with E-state index >= 15 is 0 Å². The number of anilines is 1. The van der Waals surface area contributed by atoms with Crippen LogP contribution in [0.15, 0.2) is 22.6 Å². The van der Waals surface area contributed by atoms with Crippen LogP contribution in [-0.2, 0) is 4.79 Å². The summed E-state index contributed by atoms with van der Waals surface area (Å²) in [5.41, 5.74) is 0.796. The summed E-state index contributed by atoms with van der Waals surface area (Å²) in [6, 6.07) is 5.28. The van der Waals surface area contributed by atoms with Crippen LogP contribution in [0.3, 0.4) is 0 Å². The van der Waals surface area contributed by atoms with Gasteiger partial charge in [-0.05, 0) is 37.8 Å². The molecule has 1 aromatic heterocycles. The molecule has 5 heteroatoms. The van der Waals surface area contributed by atoms with Gasteiger partial charge in [-0.15, -0.1) is 0 Å². The molecule has 0 atom stereocenters. The van der Waals surface area contributed by atoms with E-state index in [1.165, 1.54) is 0 Å². The number of carbonyl (C=O) groups excluding carboxylic acids is 1. The molecule has 0 unspecified atom stereocenters. The Morgan fingerprint density at radius 3 is 2.89 bits per heavy atom. The number of nitrogens with zero attached hydrogens (tertiary/aromatic N) is 1. The van der Waals surface area contributed by atoms with Crippen LogP contribution < -0.4 is 5.32 Å². The first-order valence-electron chi connectivity index (χ1n) is 6.48. The van der Waals surface area contributed by atoms with Crippen LogP contribution >= 0.6 is 0 Å². The van der Waals surface area contributed by atoms with E-state index < -0.39 is 5.60 Å². The van der Waals surface area contributed by atoms with Crippen LogP contribution in [0.1, 0.15) is 31.6 Å². The van der Waals surface area contributed by atoms with Crippen molar-refractivity contribution in [3.05, 3.63) is 24.1 Å². The van der Waals surface area contributed by atoms with Gasteiger partial charge in [0.2, 0.25) is 0 Å². The summed E-state index contributed by atoms with van der Waals surface area (Å²) in [6.07, 6.45) is 2.85. The molecule has 5 nitrogen and oxygen atoms in total. The van der Waals surface area contributed by atoms with Crippen molar-refractivity contribution in [1.82, 2.24) is 4.98 Å². The van der Waals surface area contributed by atoms with E-state index in [4.69, 9.17) is 4.42 Å². The zero-order valence-corrected chi connectivity index (χ0v) is 10.8. The molecule has 0 radical (unpaired) electrons. The van der Waals surface area contributed by atoms with Crippen molar-refractivity contribution in [2.45, 2.75) is 38.2 Å². The number of fused-ring (bicyclic) bond motifs is 1. The maximum atomic E-state index is 12.1. The summed E-state index contributed by atoms with van der Waals surface area (Å²) in [5, 5.41) is 12.9. The first kappa shape index (κ1) is 12.2. The van der Waals surface area contributed by atoms with Crippen molar-refractivity contribution in [1.29, 1.82) is 0 Å². The third-order valence-corrected chi connectivity index (χ3v) is 3.61. The first-order valence-corrected chi connectivity index (χ1v) is 6.48. The highest BCUT2D eigenvalue weighted by Crippen LogP contribution is 2.31. The molecule has 1 aliphatic carbocycles. The molecule has 1 aromatic carbocycles. The molecule has 1 heterocycles. The van der Waals surface area contributed by atoms with E-state index in [1.54, 1.807) is 25.1 Å². The summed E-state index contributed by atoms with van der Waals surface area (Å²) in [6.45, 7) is 1.78. The van der Waals surface area contributed by atoms with E-state index in [0.717, 1.165) is 18.4 Å². The van der Waals surface area contributed by atoms with Crippen molar-refractivity contribution >= 4 is 22.7 Å². The number of benzene rings is 1. The Hall–Kier alpha value is -1.88. The van der Waals surface area contributed by atoms with E-state index in [0.29, 0.717) is 30.0 Å². The van der Waals surface area contributed by atoms with Crippen molar-refractivity contribution in [2.24, 2.45) is 0 Å². The van der Waals surface area contributed by atoms with Gasteiger partial charge in [0.1, 0.15) is 11.1 Å². The van der Waals surface area contributed by atoms with Gasteiger partial charge in [-0.3, -0.25) is 4.79 Å². The van der Waals surface area contributed by atoms with Gasteiger partial charge in [0, 0.05) is 18.7 Å². The minimum Gasteiger partial charge on any atom is -0.441 e. The summed E-state index contributed by atoms with van der Waals surface area (Å²) in [5.74, 6) is 0.258. The van der Waals surface area contributed by atoms with Crippen molar-refractivity contribution in [3.63, 3.8) is 0 Å². The molecule has 0 saturated heterocycles. The maximum absolute atomic E-state index is 12.1. The van der Waals surface area contributed by atoms with Crippen molar-refractivity contribution < 1.29 is 14.3 Å². The quantitative estimate of drug-likeness (QED) is 0.869. The molecule has 2 aromatic rings. The number of oxazole rings is 1. The number of nitrogens with one attached hydrogen (secondary N) is 1. The lowest BCUT2D eigenvalue weighted by Gasteiger charge is -2.20. The largest absolute Gasteiger partial charge is 0.441 e. The maximum Gasteiger partial charge on any atom is 0.256 e. The van der Waals surface area contributed by atoms with Crippen LogP contribution in [0, 0.1) is 6.92 Å². The van der Waals surface area contributed by atoms with Gasteiger partial charge >= 0.3 is 0 Å². The van der Waals surface area contributed by atoms with E-state index in [1.807, 2.05) is 0 Å². The van der Waals surface area contributed by atoms with E-state index in [9.17, 15) is 9.90 Å². The fourth-order valence-corrected chi connectivity index (χ4v) is 2.55. The number of aliphatic hydroxyl groups is 1. The standard InChI is InChI=1S/C14H16N2O3/c1-9-15-11-5-4-10(8-12(11)19-9)16-13(17)14(18)6-2-3-7-14/h4-5,8,18H,2-3,6-7H2,1H3,(H,16,17). The average molecular weight is 260 g/mol. The lowest BCUT2D eigenvalue weighted by atomic mass is 10.0. The number of rotatable bonds is 2. The predicted molar refractivity (Wildman–Crippen MR) is 70.8 cm³/mol. The molecular weight excluding hydrogens is 244 g/mol. The highest BCUT2D eigenvalue weighted by molar-refractivity contribution is 5.98. The summed E-state index contributed by atoms with van der Waals surface area (Å²) >= 11 is 0. The fourth-order valence-electron chi connectivity index (χ4n) is 2.55. The Labute approximate surface area is 110 Å². The number of carbonyl (C=O) groups is 1. The number of aromatic nitrogens is 1. The zero-order valence-electron chi connectivity index (χ0n) is 10.8. The second kappa shape index (κ2) is 4.35. The smallest absolute Gasteiger partial charge is 0.256 e. The van der Waals surface area contributed by atoms with Crippen LogP contribution in [-0.4, -0.2) is 21.6 Å². The molecule has 0 bridgehead atoms. The SMILES string of the molecule is Cc1nc2ccc(NC(=O)C3(O)CCCC3)cc2o1. The number of aryl methyl sites for hydroxylation is 1. The molecule has 1 aliphatic rings. The molecule has 0 spiro atoms. The van der Waals surface area contributed by atoms with Crippen molar-refractivity contribution in [2.75, 3.05) is 5.32 Å². The number of hydrogen-bond acceptors (Lipinski definition) is 4. The minimum absolute atomic E-state index is 0.333. The van der Waals surface area contributed by atoms with Gasteiger partial charge in [-0.25, -0.2) is 4.98 Å². The van der Waals surface area contributed by atoms with Gasteiger partial charge in [-0.1, -0.05) is 0 Å². The Morgan fingerprint density at radius 2 is 2.16 bits per heavy atom. The lowest BCUT2D eigenvalue weighted by Crippen LogP contribution is -2.40. The Kier molecular flexibility index (Phi) is 2.78. The van der Waals surface area contributed by atoms with Crippen LogP contribution in [0.4, 0.5) is 5.69 Å². The average Bonchev–Trinajstić information content (AvgIpc) is 2.95. The van der Waals surface area contributed by atoms with Gasteiger partial charge in [-0.2, -0.15) is 0 Å². The summed E-state index contributed by atoms with van der Waals surface area (Å²) in [4.78, 5) is 16.3. The molecular formula is C14H16N2O3. The van der Waals surface area contributed by atoms with Crippen molar-refractivity contribution in [3.8, 4) is 0 Å². The molecule has 1 amide bonds. The van der Waals surface area contributed by atoms with Gasteiger partial charge in [0.25, 0.3) is 5.91 Å². The Balaban J connectivity index is 1.82. The molecule has 0 aliphatic heterocycles. The second-order valence-corrected chi connectivity index (χ2v) is 5.11. The van der Waals surface area contributed by atoms with Crippen LogP contribution in [0.5, 0.6) is 0 Å². The van der Waals surface area contributed by atoms with Crippen LogP contribution in [0.2, 0.25) is 0 Å². The molecule has 100 valence electrons. The highest BCUT2D eigenvalue weighted by atomic mass is 16.3. The third kappa shape index (κ3) is 2.21. The number of hydrogen-bond donors (Lipinski definition) is 2. The third-order valence-electron chi connectivity index (χ3n) is 3.61. The van der Waals surface area contributed by atoms with Gasteiger partial charge in [0.15, 0.2) is 11.5 Å². The van der Waals surface area contributed by atoms with Gasteiger partial charge < -0.3 is 14.8 Å². The predicted octanol–water partition coefficient (Wildman–Crippen LogP) is 2.38. The fraction of sp³-hybridized carbons (Fsp3) is 0.429. The lowest BCUT2D eigenvalue weighted by molar-refractivity contribution is -0.133. The minimum atomic E-state index is -1.22. The number of amides is 1. The van der Waals surface area contributed by atoms with Crippen LogP contribution in [0.25, 0.3) is 11.1 Å².